The molecule has 4 aromatic rings. The number of aromatic nitrogens is 1. The molecule has 0 bridgehead atoms. The highest BCUT2D eigenvalue weighted by atomic mass is 32.1. The first-order valence-electron chi connectivity index (χ1n) is 9.78. The number of methoxy groups -OCH3 is 1. The van der Waals surface area contributed by atoms with Gasteiger partial charge in [0.25, 0.3) is 0 Å². The molecule has 7 heteroatoms. The third kappa shape index (κ3) is 4.41. The predicted octanol–water partition coefficient (Wildman–Crippen LogP) is 6.19. The number of ether oxygens (including phenoxy) is 1. The molecule has 0 saturated carbocycles. The average molecular weight is 431 g/mol. The molecule has 0 saturated heterocycles. The second kappa shape index (κ2) is 8.97. The zero-order valence-corrected chi connectivity index (χ0v) is 18.1. The van der Waals surface area contributed by atoms with E-state index in [0.717, 1.165) is 16.5 Å². The Balaban J connectivity index is 1.65. The lowest BCUT2D eigenvalue weighted by atomic mass is 10.1. The number of hydrogen-bond donors (Lipinski definition) is 2. The van der Waals surface area contributed by atoms with Gasteiger partial charge in [-0.15, -0.1) is 10.2 Å². The fraction of sp³-hybridized carbons (Fsp3) is 0.125. The van der Waals surface area contributed by atoms with E-state index >= 15 is 0 Å². The Kier molecular flexibility index (Phi) is 5.95. The van der Waals surface area contributed by atoms with Crippen LogP contribution in [0, 0.1) is 6.92 Å². The van der Waals surface area contributed by atoms with Gasteiger partial charge in [-0.2, -0.15) is 0 Å². The Morgan fingerprint density at radius 1 is 1.06 bits per heavy atom. The van der Waals surface area contributed by atoms with Gasteiger partial charge in [0, 0.05) is 5.39 Å². The lowest BCUT2D eigenvalue weighted by Gasteiger charge is -2.08. The summed E-state index contributed by atoms with van der Waals surface area (Å²) in [7, 11) is 1.59. The molecule has 2 N–H and O–H groups in total. The van der Waals surface area contributed by atoms with E-state index in [1.165, 1.54) is 5.56 Å². The van der Waals surface area contributed by atoms with Gasteiger partial charge >= 0.3 is 0 Å². The van der Waals surface area contributed by atoms with Crippen LogP contribution in [0.15, 0.2) is 83.0 Å². The van der Waals surface area contributed by atoms with Gasteiger partial charge < -0.3 is 19.7 Å². The van der Waals surface area contributed by atoms with Gasteiger partial charge in [0.05, 0.1) is 24.9 Å². The van der Waals surface area contributed by atoms with E-state index in [1.807, 2.05) is 78.2 Å². The van der Waals surface area contributed by atoms with Crippen LogP contribution in [-0.4, -0.2) is 21.9 Å². The van der Waals surface area contributed by atoms with Crippen molar-refractivity contribution in [2.75, 3.05) is 12.4 Å². The van der Waals surface area contributed by atoms with Crippen molar-refractivity contribution in [3.8, 4) is 11.6 Å². The minimum atomic E-state index is 0.0477. The van der Waals surface area contributed by atoms with Crippen molar-refractivity contribution in [2.24, 2.45) is 10.2 Å². The number of benzene rings is 3. The number of aryl methyl sites for hydroxylation is 1. The third-order valence-corrected chi connectivity index (χ3v) is 5.11. The first-order valence-corrected chi connectivity index (χ1v) is 10.2. The standard InChI is InChI=1S/C24H22N4O2S/c1-16-8-7-9-17(14-16)15-28-20-12-5-3-10-18(20)22(23(28)29)26-27-24(31)25-19-11-4-6-13-21(19)30-2/h3-14,29H,15H2,1-2H3,(H,25,31). The number of thiocarbonyl (C=S) groups is 1. The zero-order valence-electron chi connectivity index (χ0n) is 17.2. The summed E-state index contributed by atoms with van der Waals surface area (Å²) in [5.41, 5.74) is 4.21. The first-order chi connectivity index (χ1) is 15.1. The van der Waals surface area contributed by atoms with E-state index in [-0.39, 0.29) is 11.0 Å². The van der Waals surface area contributed by atoms with E-state index < -0.39 is 0 Å². The highest BCUT2D eigenvalue weighted by molar-refractivity contribution is 7.80. The summed E-state index contributed by atoms with van der Waals surface area (Å²) in [5, 5.41) is 23.3. The topological polar surface area (TPSA) is 71.1 Å². The van der Waals surface area contributed by atoms with E-state index in [9.17, 15) is 5.11 Å². The molecule has 6 nitrogen and oxygen atoms in total. The minimum absolute atomic E-state index is 0.0477. The number of anilines is 1. The molecule has 0 unspecified atom stereocenters. The number of rotatable bonds is 5. The smallest absolute Gasteiger partial charge is 0.221 e. The maximum Gasteiger partial charge on any atom is 0.221 e. The molecule has 0 spiro atoms. The molecule has 0 atom stereocenters. The Hall–Kier alpha value is -3.71. The fourth-order valence-electron chi connectivity index (χ4n) is 3.51. The van der Waals surface area contributed by atoms with Crippen molar-refractivity contribution in [3.05, 3.63) is 83.9 Å². The van der Waals surface area contributed by atoms with Crippen molar-refractivity contribution in [3.63, 3.8) is 0 Å². The van der Waals surface area contributed by atoms with Crippen molar-refractivity contribution in [2.45, 2.75) is 13.5 Å². The van der Waals surface area contributed by atoms with E-state index in [4.69, 9.17) is 17.0 Å². The summed E-state index contributed by atoms with van der Waals surface area (Å²) in [6.45, 7) is 2.57. The van der Waals surface area contributed by atoms with Gasteiger partial charge in [-0.1, -0.05) is 60.2 Å². The van der Waals surface area contributed by atoms with Crippen LogP contribution in [0.3, 0.4) is 0 Å². The molecule has 0 radical (unpaired) electrons. The maximum atomic E-state index is 11.0. The van der Waals surface area contributed by atoms with E-state index in [1.54, 1.807) is 7.11 Å². The molecular formula is C24H22N4O2S. The Morgan fingerprint density at radius 2 is 1.84 bits per heavy atom. The second-order valence-corrected chi connectivity index (χ2v) is 7.48. The highest BCUT2D eigenvalue weighted by Crippen LogP contribution is 2.39. The summed E-state index contributed by atoms with van der Waals surface area (Å²) >= 11 is 5.32. The van der Waals surface area contributed by atoms with Crippen LogP contribution in [0.2, 0.25) is 0 Å². The predicted molar refractivity (Wildman–Crippen MR) is 128 cm³/mol. The number of nitrogens with zero attached hydrogens (tertiary/aromatic N) is 3. The normalized spacial score (nSPS) is 11.2. The molecule has 0 aliphatic rings. The monoisotopic (exact) mass is 430 g/mol. The number of azo groups is 1. The van der Waals surface area contributed by atoms with Crippen LogP contribution in [-0.2, 0) is 6.54 Å². The molecule has 0 amide bonds. The molecule has 0 fully saturated rings. The van der Waals surface area contributed by atoms with Crippen LogP contribution in [0.4, 0.5) is 11.4 Å². The van der Waals surface area contributed by atoms with Crippen molar-refractivity contribution >= 4 is 39.6 Å². The van der Waals surface area contributed by atoms with Crippen LogP contribution in [0.5, 0.6) is 11.6 Å². The van der Waals surface area contributed by atoms with Crippen molar-refractivity contribution < 1.29 is 9.84 Å². The molecule has 1 heterocycles. The van der Waals surface area contributed by atoms with E-state index in [0.29, 0.717) is 23.7 Å². The van der Waals surface area contributed by atoms with Crippen LogP contribution in [0.1, 0.15) is 11.1 Å². The van der Waals surface area contributed by atoms with Crippen molar-refractivity contribution in [1.82, 2.24) is 4.57 Å². The van der Waals surface area contributed by atoms with E-state index in [2.05, 4.69) is 21.6 Å². The summed E-state index contributed by atoms with van der Waals surface area (Å²) in [6.07, 6.45) is 0. The number of nitrogens with one attached hydrogen (secondary N) is 1. The SMILES string of the molecule is COc1ccccc1NC(=S)N=Nc1c(O)n(Cc2cccc(C)c2)c2ccccc12. The fourth-order valence-corrected chi connectivity index (χ4v) is 3.66. The highest BCUT2D eigenvalue weighted by Gasteiger charge is 2.17. The van der Waals surface area contributed by atoms with Crippen LogP contribution < -0.4 is 10.1 Å². The Morgan fingerprint density at radius 3 is 2.65 bits per heavy atom. The number of para-hydroxylation sites is 3. The molecule has 0 aliphatic carbocycles. The number of aromatic hydroxyl groups is 1. The molecule has 0 aliphatic heterocycles. The van der Waals surface area contributed by atoms with Gasteiger partial charge in [-0.05, 0) is 42.9 Å². The van der Waals surface area contributed by atoms with Crippen molar-refractivity contribution in [1.29, 1.82) is 0 Å². The Bertz CT molecular complexity index is 1280. The third-order valence-electron chi connectivity index (χ3n) is 4.93. The van der Waals surface area contributed by atoms with Gasteiger partial charge in [-0.3, -0.25) is 0 Å². The number of hydrogen-bond acceptors (Lipinski definition) is 4. The van der Waals surface area contributed by atoms with Crippen LogP contribution in [0.25, 0.3) is 10.9 Å². The average Bonchev–Trinajstić information content (AvgIpc) is 3.04. The zero-order chi connectivity index (χ0) is 21.8. The molecule has 156 valence electrons. The van der Waals surface area contributed by atoms with Gasteiger partial charge in [0.2, 0.25) is 11.0 Å². The van der Waals surface area contributed by atoms with Gasteiger partial charge in [0.1, 0.15) is 5.75 Å². The maximum absolute atomic E-state index is 11.0. The summed E-state index contributed by atoms with van der Waals surface area (Å²) in [6, 6.07) is 23.3. The molecular weight excluding hydrogens is 408 g/mol. The quantitative estimate of drug-likeness (QED) is 0.292. The summed E-state index contributed by atoms with van der Waals surface area (Å²) in [5.74, 6) is 0.698. The summed E-state index contributed by atoms with van der Waals surface area (Å²) < 4.78 is 7.14. The first kappa shape index (κ1) is 20.6. The largest absolute Gasteiger partial charge is 0.495 e. The lowest BCUT2D eigenvalue weighted by molar-refractivity contribution is 0.417. The minimum Gasteiger partial charge on any atom is -0.495 e. The van der Waals surface area contributed by atoms with Crippen LogP contribution >= 0.6 is 12.2 Å². The second-order valence-electron chi connectivity index (χ2n) is 7.09. The Labute approximate surface area is 185 Å². The molecule has 3 aromatic carbocycles. The molecule has 1 aromatic heterocycles. The summed E-state index contributed by atoms with van der Waals surface area (Å²) in [4.78, 5) is 0. The lowest BCUT2D eigenvalue weighted by Crippen LogP contribution is -2.06. The number of fused-ring (bicyclic) bond motifs is 1. The van der Waals surface area contributed by atoms with Gasteiger partial charge in [-0.25, -0.2) is 0 Å². The molecule has 4 rings (SSSR count). The van der Waals surface area contributed by atoms with Gasteiger partial charge in [0.15, 0.2) is 5.69 Å². The molecule has 31 heavy (non-hydrogen) atoms.